The Bertz CT molecular complexity index is 1290. The van der Waals surface area contributed by atoms with E-state index in [1.807, 2.05) is 0 Å². The summed E-state index contributed by atoms with van der Waals surface area (Å²) in [6.45, 7) is 0.152. The first-order valence-corrected chi connectivity index (χ1v) is 10.8. The minimum atomic E-state index is -4.13. The van der Waals surface area contributed by atoms with Crippen LogP contribution in [0.1, 0.15) is 21.5 Å². The van der Waals surface area contributed by atoms with E-state index in [0.29, 0.717) is 16.9 Å². The molecule has 0 saturated carbocycles. The largest absolute Gasteiger partial charge is 0.488 e. The van der Waals surface area contributed by atoms with Crippen LogP contribution in [-0.2, 0) is 21.2 Å². The molecular weight excluding hydrogens is 433 g/mol. The van der Waals surface area contributed by atoms with E-state index in [1.165, 1.54) is 13.2 Å². The van der Waals surface area contributed by atoms with Gasteiger partial charge in [-0.1, -0.05) is 30.3 Å². The molecular formula is C24H18FNO5S. The molecule has 0 amide bonds. The van der Waals surface area contributed by atoms with Crippen molar-refractivity contribution in [1.29, 1.82) is 5.26 Å². The van der Waals surface area contributed by atoms with Crippen molar-refractivity contribution in [2.45, 2.75) is 11.5 Å². The van der Waals surface area contributed by atoms with Crippen LogP contribution in [0.15, 0.2) is 82.6 Å². The first kappa shape index (κ1) is 22.7. The molecule has 0 heterocycles. The predicted molar refractivity (Wildman–Crippen MR) is 116 cm³/mol. The average Bonchev–Trinajstić information content (AvgIpc) is 2.81. The van der Waals surface area contributed by atoms with Gasteiger partial charge in [0.25, 0.3) is 0 Å². The first-order valence-electron chi connectivity index (χ1n) is 9.36. The average molecular weight is 451 g/mol. The SMILES string of the molecule is COC(=O)c1ccc(COc2ccccc2/C=C(\C#N)S(=O)(=O)c2ccc(F)cc2)cc1. The number of nitrogens with zero attached hydrogens (tertiary/aromatic N) is 1. The highest BCUT2D eigenvalue weighted by Gasteiger charge is 2.21. The first-order chi connectivity index (χ1) is 15.3. The van der Waals surface area contributed by atoms with E-state index in [4.69, 9.17) is 4.74 Å². The highest BCUT2D eigenvalue weighted by atomic mass is 32.2. The Morgan fingerprint density at radius 3 is 2.31 bits per heavy atom. The van der Waals surface area contributed by atoms with Gasteiger partial charge in [0.15, 0.2) is 0 Å². The Hall–Kier alpha value is -3.96. The van der Waals surface area contributed by atoms with Crippen molar-refractivity contribution in [2.75, 3.05) is 7.11 Å². The number of esters is 1. The van der Waals surface area contributed by atoms with E-state index >= 15 is 0 Å². The zero-order valence-corrected chi connectivity index (χ0v) is 17.8. The zero-order chi connectivity index (χ0) is 23.1. The van der Waals surface area contributed by atoms with Crippen molar-refractivity contribution in [3.8, 4) is 11.8 Å². The van der Waals surface area contributed by atoms with Gasteiger partial charge in [-0.15, -0.1) is 0 Å². The van der Waals surface area contributed by atoms with Gasteiger partial charge in [-0.2, -0.15) is 5.26 Å². The summed E-state index contributed by atoms with van der Waals surface area (Å²) >= 11 is 0. The number of carbonyl (C=O) groups excluding carboxylic acids is 1. The van der Waals surface area contributed by atoms with Crippen LogP contribution in [-0.4, -0.2) is 21.5 Å². The Kier molecular flexibility index (Phi) is 7.03. The fourth-order valence-corrected chi connectivity index (χ4v) is 3.95. The lowest BCUT2D eigenvalue weighted by Crippen LogP contribution is -2.04. The monoisotopic (exact) mass is 451 g/mol. The van der Waals surface area contributed by atoms with Crippen LogP contribution in [0.3, 0.4) is 0 Å². The molecule has 0 radical (unpaired) electrons. The number of nitriles is 1. The van der Waals surface area contributed by atoms with Crippen molar-refractivity contribution in [3.05, 3.63) is 100 Å². The molecule has 3 aromatic rings. The number of ether oxygens (including phenoxy) is 2. The molecule has 0 N–H and O–H groups in total. The molecule has 0 aliphatic carbocycles. The maximum absolute atomic E-state index is 13.1. The third-order valence-corrected chi connectivity index (χ3v) is 6.18. The molecule has 3 rings (SSSR count). The second kappa shape index (κ2) is 9.90. The van der Waals surface area contributed by atoms with Gasteiger partial charge in [-0.05, 0) is 54.1 Å². The number of allylic oxidation sites excluding steroid dienone is 1. The third-order valence-electron chi connectivity index (χ3n) is 4.50. The second-order valence-corrected chi connectivity index (χ2v) is 8.51. The Labute approximate surface area is 185 Å². The van der Waals surface area contributed by atoms with Crippen molar-refractivity contribution in [3.63, 3.8) is 0 Å². The Balaban J connectivity index is 1.85. The summed E-state index contributed by atoms with van der Waals surface area (Å²) in [5.74, 6) is -0.657. The lowest BCUT2D eigenvalue weighted by Gasteiger charge is -2.10. The number of para-hydroxylation sites is 1. The molecule has 0 aliphatic heterocycles. The molecule has 0 saturated heterocycles. The fourth-order valence-electron chi connectivity index (χ4n) is 2.80. The Morgan fingerprint density at radius 1 is 1.03 bits per heavy atom. The molecule has 0 fully saturated rings. The highest BCUT2D eigenvalue weighted by molar-refractivity contribution is 7.95. The molecule has 0 aromatic heterocycles. The van der Waals surface area contributed by atoms with Crippen LogP contribution in [0.2, 0.25) is 0 Å². The Morgan fingerprint density at radius 2 is 1.69 bits per heavy atom. The number of halogens is 1. The van der Waals surface area contributed by atoms with E-state index in [2.05, 4.69) is 4.74 Å². The summed E-state index contributed by atoms with van der Waals surface area (Å²) in [5, 5.41) is 9.48. The maximum atomic E-state index is 13.1. The normalized spacial score (nSPS) is 11.5. The molecule has 6 nitrogen and oxygen atoms in total. The van der Waals surface area contributed by atoms with Crippen LogP contribution < -0.4 is 4.74 Å². The quantitative estimate of drug-likeness (QED) is 0.298. The summed E-state index contributed by atoms with van der Waals surface area (Å²) < 4.78 is 49.2. The van der Waals surface area contributed by atoms with Crippen LogP contribution >= 0.6 is 0 Å². The molecule has 8 heteroatoms. The van der Waals surface area contributed by atoms with Gasteiger partial charge in [-0.3, -0.25) is 0 Å². The number of benzene rings is 3. The fraction of sp³-hybridized carbons (Fsp3) is 0.0833. The third kappa shape index (κ3) is 5.20. The van der Waals surface area contributed by atoms with Crippen molar-refractivity contribution in [1.82, 2.24) is 0 Å². The minimum absolute atomic E-state index is 0.152. The van der Waals surface area contributed by atoms with E-state index in [9.17, 15) is 22.9 Å². The van der Waals surface area contributed by atoms with Gasteiger partial charge in [-0.25, -0.2) is 17.6 Å². The number of sulfone groups is 1. The second-order valence-electron chi connectivity index (χ2n) is 6.59. The maximum Gasteiger partial charge on any atom is 0.337 e. The van der Waals surface area contributed by atoms with Gasteiger partial charge in [0, 0.05) is 5.56 Å². The molecule has 3 aromatic carbocycles. The van der Waals surface area contributed by atoms with Crippen LogP contribution in [0.4, 0.5) is 4.39 Å². The summed E-state index contributed by atoms with van der Waals surface area (Å²) in [7, 11) is -2.83. The van der Waals surface area contributed by atoms with Gasteiger partial charge in [0.2, 0.25) is 9.84 Å². The van der Waals surface area contributed by atoms with Gasteiger partial charge in [0.1, 0.15) is 29.1 Å². The molecule has 0 aliphatic rings. The standard InChI is InChI=1S/C24H18FNO5S/c1-30-24(27)18-8-6-17(7-9-18)16-31-23-5-3-2-4-19(23)14-22(15-26)32(28,29)21-12-10-20(25)11-13-21/h2-14H,16H2,1H3/b22-14+. The van der Waals surface area contributed by atoms with Crippen LogP contribution in [0, 0.1) is 17.1 Å². The molecule has 162 valence electrons. The lowest BCUT2D eigenvalue weighted by atomic mass is 10.1. The number of methoxy groups -OCH3 is 1. The summed E-state index contributed by atoms with van der Waals surface area (Å²) in [4.78, 5) is 10.8. The van der Waals surface area contributed by atoms with Gasteiger partial charge >= 0.3 is 5.97 Å². The summed E-state index contributed by atoms with van der Waals surface area (Å²) in [6, 6.07) is 19.3. The van der Waals surface area contributed by atoms with Gasteiger partial charge < -0.3 is 9.47 Å². The number of carbonyl (C=O) groups is 1. The molecule has 0 unspecified atom stereocenters. The highest BCUT2D eigenvalue weighted by Crippen LogP contribution is 2.26. The zero-order valence-electron chi connectivity index (χ0n) is 17.0. The number of hydrogen-bond acceptors (Lipinski definition) is 6. The van der Waals surface area contributed by atoms with Crippen molar-refractivity contribution in [2.24, 2.45) is 0 Å². The minimum Gasteiger partial charge on any atom is -0.488 e. The topological polar surface area (TPSA) is 93.5 Å². The lowest BCUT2D eigenvalue weighted by molar-refractivity contribution is 0.0600. The molecule has 32 heavy (non-hydrogen) atoms. The summed E-state index contributed by atoms with van der Waals surface area (Å²) in [5.41, 5.74) is 1.57. The van der Waals surface area contributed by atoms with Crippen LogP contribution in [0.25, 0.3) is 6.08 Å². The van der Waals surface area contributed by atoms with E-state index in [0.717, 1.165) is 29.8 Å². The van der Waals surface area contributed by atoms with Crippen molar-refractivity contribution < 1.29 is 27.1 Å². The van der Waals surface area contributed by atoms with Crippen LogP contribution in [0.5, 0.6) is 5.75 Å². The number of hydrogen-bond donors (Lipinski definition) is 0. The van der Waals surface area contributed by atoms with Gasteiger partial charge in [0.05, 0.1) is 17.6 Å². The summed E-state index contributed by atoms with van der Waals surface area (Å²) in [6.07, 6.45) is 1.22. The predicted octanol–water partition coefficient (Wildman–Crippen LogP) is 4.53. The molecule has 0 atom stereocenters. The van der Waals surface area contributed by atoms with Crippen molar-refractivity contribution >= 4 is 21.9 Å². The van der Waals surface area contributed by atoms with E-state index < -0.39 is 26.5 Å². The molecule has 0 bridgehead atoms. The molecule has 0 spiro atoms. The number of rotatable bonds is 7. The van der Waals surface area contributed by atoms with E-state index in [1.54, 1.807) is 54.6 Å². The smallest absolute Gasteiger partial charge is 0.337 e. The van der Waals surface area contributed by atoms with E-state index in [-0.39, 0.29) is 11.5 Å².